The van der Waals surface area contributed by atoms with Gasteiger partial charge in [0.15, 0.2) is 9.84 Å². The van der Waals surface area contributed by atoms with E-state index in [0.29, 0.717) is 33.6 Å². The zero-order valence-electron chi connectivity index (χ0n) is 27.6. The molecular weight excluding hydrogens is 677 g/mol. The zero-order chi connectivity index (χ0) is 34.4. The summed E-state index contributed by atoms with van der Waals surface area (Å²) in [4.78, 5) is 25.1. The second-order valence-corrected chi connectivity index (χ2v) is 15.5. The minimum absolute atomic E-state index is 0.0122. The van der Waals surface area contributed by atoms with Crippen LogP contribution in [0, 0.1) is 0 Å². The van der Waals surface area contributed by atoms with Crippen LogP contribution in [0.4, 0.5) is 5.95 Å². The maximum atomic E-state index is 13.2. The molecule has 1 aromatic heterocycles. The van der Waals surface area contributed by atoms with Crippen molar-refractivity contribution in [3.8, 4) is 0 Å². The third-order valence-corrected chi connectivity index (χ3v) is 11.7. The molecule has 0 radical (unpaired) electrons. The van der Waals surface area contributed by atoms with Gasteiger partial charge in [0.2, 0.25) is 5.95 Å². The van der Waals surface area contributed by atoms with Crippen molar-refractivity contribution < 1.29 is 13.2 Å². The SMILES string of the molecule is CN(CC(CCN1CCCN(c2nc3ccccc3n2CCS(=O)(=O)c2ccccc2)CC1)c1ccc(Cl)c(Cl)c1)C(=O)c1ccccc1. The Morgan fingerprint density at radius 1 is 0.837 bits per heavy atom. The standard InChI is InChI=1S/C38H41Cl2N5O3S/c1-42(37(46)29-11-4-2-5-12-29)28-31(30-17-18-33(39)34(40)27-30)19-22-43-20-10-21-44(24-23-43)38-41-35-15-8-9-16-36(35)45(38)25-26-49(47,48)32-13-6-3-7-14-32/h2-9,11-18,27,31H,10,19-26,28H2,1H3. The van der Waals surface area contributed by atoms with E-state index in [1.54, 1.807) is 29.2 Å². The Bertz CT molecular complexity index is 1990. The van der Waals surface area contributed by atoms with Gasteiger partial charge in [0.1, 0.15) is 0 Å². The maximum Gasteiger partial charge on any atom is 0.253 e. The molecule has 1 saturated heterocycles. The topological polar surface area (TPSA) is 78.8 Å². The van der Waals surface area contributed by atoms with E-state index < -0.39 is 9.84 Å². The third-order valence-electron chi connectivity index (χ3n) is 9.26. The number of anilines is 1. The number of imidazole rings is 1. The lowest BCUT2D eigenvalue weighted by molar-refractivity contribution is 0.0782. The molecule has 0 N–H and O–H groups in total. The lowest BCUT2D eigenvalue weighted by Gasteiger charge is -2.28. The van der Waals surface area contributed by atoms with Gasteiger partial charge in [0.25, 0.3) is 5.91 Å². The van der Waals surface area contributed by atoms with Crippen LogP contribution in [0.5, 0.6) is 0 Å². The average molecular weight is 719 g/mol. The normalized spacial score (nSPS) is 14.9. The van der Waals surface area contributed by atoms with Crippen molar-refractivity contribution >= 4 is 55.9 Å². The number of aromatic nitrogens is 2. The molecule has 5 aromatic rings. The van der Waals surface area contributed by atoms with Gasteiger partial charge in [-0.05, 0) is 80.0 Å². The summed E-state index contributed by atoms with van der Waals surface area (Å²) in [6.07, 6.45) is 1.77. The highest BCUT2D eigenvalue weighted by Crippen LogP contribution is 2.30. The minimum Gasteiger partial charge on any atom is -0.341 e. The highest BCUT2D eigenvalue weighted by Gasteiger charge is 2.25. The summed E-state index contributed by atoms with van der Waals surface area (Å²) in [6.45, 7) is 5.03. The molecule has 1 fully saturated rings. The highest BCUT2D eigenvalue weighted by atomic mass is 35.5. The first kappa shape index (κ1) is 35.0. The Morgan fingerprint density at radius 3 is 2.31 bits per heavy atom. The van der Waals surface area contributed by atoms with Crippen molar-refractivity contribution in [3.05, 3.63) is 124 Å². The van der Waals surface area contributed by atoms with Crippen LogP contribution in [0.1, 0.15) is 34.7 Å². The fourth-order valence-corrected chi connectivity index (χ4v) is 8.10. The Kier molecular flexibility index (Phi) is 11.2. The van der Waals surface area contributed by atoms with E-state index in [1.165, 1.54) is 0 Å². The van der Waals surface area contributed by atoms with Crippen molar-refractivity contribution in [2.75, 3.05) is 57.0 Å². The van der Waals surface area contributed by atoms with Crippen LogP contribution in [0.3, 0.4) is 0 Å². The second kappa shape index (κ2) is 15.8. The predicted octanol–water partition coefficient (Wildman–Crippen LogP) is 7.28. The van der Waals surface area contributed by atoms with Crippen LogP contribution in [0.15, 0.2) is 108 Å². The van der Waals surface area contributed by atoms with Crippen molar-refractivity contribution in [1.29, 1.82) is 0 Å². The van der Waals surface area contributed by atoms with Crippen LogP contribution in [0.2, 0.25) is 10.0 Å². The number of para-hydroxylation sites is 2. The number of fused-ring (bicyclic) bond motifs is 1. The summed E-state index contributed by atoms with van der Waals surface area (Å²) >= 11 is 12.7. The van der Waals surface area contributed by atoms with Crippen LogP contribution in [-0.2, 0) is 16.4 Å². The van der Waals surface area contributed by atoms with Gasteiger partial charge in [0.05, 0.1) is 31.7 Å². The van der Waals surface area contributed by atoms with E-state index in [4.69, 9.17) is 28.2 Å². The van der Waals surface area contributed by atoms with Crippen LogP contribution < -0.4 is 4.90 Å². The number of carbonyl (C=O) groups is 1. The lowest BCUT2D eigenvalue weighted by atomic mass is 9.94. The number of likely N-dealkylation sites (N-methyl/N-ethyl adjacent to an activating group) is 1. The summed E-state index contributed by atoms with van der Waals surface area (Å²) in [6, 6.07) is 31.6. The zero-order valence-corrected chi connectivity index (χ0v) is 29.9. The second-order valence-electron chi connectivity index (χ2n) is 12.6. The first-order chi connectivity index (χ1) is 23.7. The Labute approximate surface area is 298 Å². The highest BCUT2D eigenvalue weighted by molar-refractivity contribution is 7.91. The smallest absolute Gasteiger partial charge is 0.253 e. The van der Waals surface area contributed by atoms with Gasteiger partial charge >= 0.3 is 0 Å². The van der Waals surface area contributed by atoms with E-state index >= 15 is 0 Å². The van der Waals surface area contributed by atoms with Crippen molar-refractivity contribution in [3.63, 3.8) is 0 Å². The van der Waals surface area contributed by atoms with E-state index in [1.807, 2.05) is 85.9 Å². The number of nitrogens with zero attached hydrogens (tertiary/aromatic N) is 5. The molecule has 6 rings (SSSR count). The van der Waals surface area contributed by atoms with E-state index in [-0.39, 0.29) is 17.6 Å². The number of hydrogen-bond acceptors (Lipinski definition) is 6. The molecule has 1 aliphatic heterocycles. The summed E-state index contributed by atoms with van der Waals surface area (Å²) in [5.74, 6) is 0.834. The number of carbonyl (C=O) groups excluding carboxylic acids is 1. The molecule has 8 nitrogen and oxygen atoms in total. The Morgan fingerprint density at radius 2 is 1.55 bits per heavy atom. The molecule has 49 heavy (non-hydrogen) atoms. The summed E-state index contributed by atoms with van der Waals surface area (Å²) in [5, 5.41) is 1.01. The number of rotatable bonds is 12. The number of sulfone groups is 1. The van der Waals surface area contributed by atoms with Crippen molar-refractivity contribution in [1.82, 2.24) is 19.4 Å². The average Bonchev–Trinajstić information content (AvgIpc) is 3.33. The summed E-state index contributed by atoms with van der Waals surface area (Å²) < 4.78 is 28.5. The molecule has 1 unspecified atom stereocenters. The number of hydrogen-bond donors (Lipinski definition) is 0. The number of aryl methyl sites for hydroxylation is 1. The largest absolute Gasteiger partial charge is 0.341 e. The van der Waals surface area contributed by atoms with Crippen molar-refractivity contribution in [2.24, 2.45) is 0 Å². The number of benzene rings is 4. The van der Waals surface area contributed by atoms with Gasteiger partial charge in [0, 0.05) is 51.3 Å². The molecule has 11 heteroatoms. The summed E-state index contributed by atoms with van der Waals surface area (Å²) in [5.41, 5.74) is 3.50. The molecule has 0 saturated carbocycles. The van der Waals surface area contributed by atoms with Gasteiger partial charge in [-0.1, -0.05) is 77.8 Å². The van der Waals surface area contributed by atoms with Gasteiger partial charge in [-0.25, -0.2) is 13.4 Å². The van der Waals surface area contributed by atoms with Gasteiger partial charge in [-0.3, -0.25) is 4.79 Å². The maximum absolute atomic E-state index is 13.2. The third kappa shape index (κ3) is 8.47. The molecule has 1 amide bonds. The van der Waals surface area contributed by atoms with Gasteiger partial charge < -0.3 is 19.3 Å². The van der Waals surface area contributed by atoms with Crippen LogP contribution in [0.25, 0.3) is 11.0 Å². The molecule has 0 spiro atoms. The quantitative estimate of drug-likeness (QED) is 0.135. The summed E-state index contributed by atoms with van der Waals surface area (Å²) in [7, 11) is -1.61. The van der Waals surface area contributed by atoms with E-state index in [0.717, 1.165) is 68.1 Å². The first-order valence-corrected chi connectivity index (χ1v) is 19.1. The molecular formula is C38H41Cl2N5O3S. The monoisotopic (exact) mass is 717 g/mol. The molecule has 4 aromatic carbocycles. The molecule has 256 valence electrons. The minimum atomic E-state index is -3.46. The fraction of sp³-hybridized carbons (Fsp3) is 0.316. The van der Waals surface area contributed by atoms with Gasteiger partial charge in [-0.15, -0.1) is 0 Å². The lowest BCUT2D eigenvalue weighted by Crippen LogP contribution is -2.35. The number of amides is 1. The number of halogens is 2. The first-order valence-electron chi connectivity index (χ1n) is 16.7. The van der Waals surface area contributed by atoms with E-state index in [9.17, 15) is 13.2 Å². The Balaban J connectivity index is 1.15. The molecule has 1 atom stereocenters. The van der Waals surface area contributed by atoms with Gasteiger partial charge in [-0.2, -0.15) is 0 Å². The van der Waals surface area contributed by atoms with Crippen molar-refractivity contribution in [2.45, 2.75) is 30.2 Å². The molecule has 0 bridgehead atoms. The Hall–Kier alpha value is -3.89. The molecule has 0 aliphatic carbocycles. The molecule has 2 heterocycles. The van der Waals surface area contributed by atoms with Crippen LogP contribution in [-0.4, -0.2) is 85.7 Å². The van der Waals surface area contributed by atoms with E-state index in [2.05, 4.69) is 14.4 Å². The fourth-order valence-electron chi connectivity index (χ4n) is 6.56. The van der Waals surface area contributed by atoms with Crippen LogP contribution >= 0.6 is 23.2 Å². The molecule has 1 aliphatic rings. The predicted molar refractivity (Wildman–Crippen MR) is 199 cm³/mol.